The van der Waals surface area contributed by atoms with Crippen LogP contribution < -0.4 is 5.56 Å². The number of aromatic nitrogens is 3. The van der Waals surface area contributed by atoms with Crippen LogP contribution in [0, 0.1) is 20.8 Å². The lowest BCUT2D eigenvalue weighted by Crippen LogP contribution is -2.27. The predicted molar refractivity (Wildman–Crippen MR) is 104 cm³/mol. The number of Topliss-reactive ketones (excluding diaryl/α,β-unsaturated/α-hetero) is 1. The number of furan rings is 1. The molecule has 27 heavy (non-hydrogen) atoms. The van der Waals surface area contributed by atoms with Crippen molar-refractivity contribution < 1.29 is 9.21 Å². The first-order valence-corrected chi connectivity index (χ1v) is 9.28. The van der Waals surface area contributed by atoms with Gasteiger partial charge in [0.15, 0.2) is 17.1 Å². The van der Waals surface area contributed by atoms with Crippen molar-refractivity contribution in [3.8, 4) is 11.5 Å². The Labute approximate surface area is 159 Å². The van der Waals surface area contributed by atoms with Gasteiger partial charge in [-0.15, -0.1) is 11.3 Å². The summed E-state index contributed by atoms with van der Waals surface area (Å²) in [6.45, 7) is 5.63. The van der Waals surface area contributed by atoms with Crippen molar-refractivity contribution in [2.45, 2.75) is 27.3 Å². The number of aryl methyl sites for hydroxylation is 3. The van der Waals surface area contributed by atoms with E-state index in [1.165, 1.54) is 16.0 Å². The third kappa shape index (κ3) is 3.10. The van der Waals surface area contributed by atoms with E-state index in [1.54, 1.807) is 24.5 Å². The Morgan fingerprint density at radius 2 is 2.00 bits per heavy atom. The van der Waals surface area contributed by atoms with Crippen LogP contribution in [0.2, 0.25) is 0 Å². The topological polar surface area (TPSA) is 78.0 Å². The van der Waals surface area contributed by atoms with Gasteiger partial charge in [0, 0.05) is 5.56 Å². The summed E-state index contributed by atoms with van der Waals surface area (Å²) in [5, 5.41) is 5.18. The third-order valence-electron chi connectivity index (χ3n) is 4.48. The van der Waals surface area contributed by atoms with Crippen LogP contribution >= 0.6 is 11.3 Å². The Morgan fingerprint density at radius 1 is 1.19 bits per heavy atom. The highest BCUT2D eigenvalue weighted by atomic mass is 32.1. The number of hydrogen-bond donors (Lipinski definition) is 0. The first kappa shape index (κ1) is 17.4. The quantitative estimate of drug-likeness (QED) is 0.502. The van der Waals surface area contributed by atoms with Crippen molar-refractivity contribution in [2.24, 2.45) is 0 Å². The smallest absolute Gasteiger partial charge is 0.294 e. The molecule has 0 saturated carbocycles. The SMILES string of the molecule is Cc1nc2c(=O)n(CC(=O)c3ccc(C)c(C)c3)nc(-c3ccco3)c2s1. The number of hydrogen-bond acceptors (Lipinski definition) is 6. The molecule has 3 heterocycles. The Balaban J connectivity index is 1.82. The van der Waals surface area contributed by atoms with E-state index in [-0.39, 0.29) is 17.9 Å². The summed E-state index contributed by atoms with van der Waals surface area (Å²) in [5.41, 5.74) is 3.16. The second-order valence-corrected chi connectivity index (χ2v) is 7.62. The Bertz CT molecular complexity index is 1220. The largest absolute Gasteiger partial charge is 0.463 e. The predicted octanol–water partition coefficient (Wildman–Crippen LogP) is 3.92. The average Bonchev–Trinajstić information content (AvgIpc) is 3.29. The number of carbonyl (C=O) groups is 1. The lowest BCUT2D eigenvalue weighted by molar-refractivity contribution is 0.0966. The maximum absolute atomic E-state index is 12.8. The Kier molecular flexibility index (Phi) is 4.24. The summed E-state index contributed by atoms with van der Waals surface area (Å²) in [5.74, 6) is 0.362. The van der Waals surface area contributed by atoms with Gasteiger partial charge in [-0.3, -0.25) is 9.59 Å². The minimum Gasteiger partial charge on any atom is -0.463 e. The molecule has 6 nitrogen and oxygen atoms in total. The second-order valence-electron chi connectivity index (χ2n) is 6.42. The summed E-state index contributed by atoms with van der Waals surface area (Å²) in [4.78, 5) is 29.9. The van der Waals surface area contributed by atoms with Gasteiger partial charge in [0.2, 0.25) is 0 Å². The number of thiazole rings is 1. The standard InChI is InChI=1S/C20H17N3O3S/c1-11-6-7-14(9-12(11)2)15(24)10-23-20(25)18-19(27-13(3)21-18)17(22-23)16-5-4-8-26-16/h4-9H,10H2,1-3H3. The van der Waals surface area contributed by atoms with E-state index in [4.69, 9.17) is 4.42 Å². The van der Waals surface area contributed by atoms with E-state index in [9.17, 15) is 9.59 Å². The fourth-order valence-electron chi connectivity index (χ4n) is 2.89. The molecular formula is C20H17N3O3S. The van der Waals surface area contributed by atoms with Crippen LogP contribution in [-0.2, 0) is 6.54 Å². The minimum absolute atomic E-state index is 0.151. The van der Waals surface area contributed by atoms with Crippen molar-refractivity contribution in [1.82, 2.24) is 14.8 Å². The maximum Gasteiger partial charge on any atom is 0.294 e. The Hall–Kier alpha value is -3.06. The van der Waals surface area contributed by atoms with E-state index >= 15 is 0 Å². The van der Waals surface area contributed by atoms with E-state index in [0.29, 0.717) is 27.2 Å². The highest BCUT2D eigenvalue weighted by Gasteiger charge is 2.19. The van der Waals surface area contributed by atoms with Crippen LogP contribution in [-0.4, -0.2) is 20.5 Å². The third-order valence-corrected chi connectivity index (χ3v) is 5.46. The lowest BCUT2D eigenvalue weighted by Gasteiger charge is -2.08. The number of nitrogens with zero attached hydrogens (tertiary/aromatic N) is 3. The van der Waals surface area contributed by atoms with Gasteiger partial charge in [-0.1, -0.05) is 12.1 Å². The fraction of sp³-hybridized carbons (Fsp3) is 0.200. The molecule has 0 radical (unpaired) electrons. The van der Waals surface area contributed by atoms with Crippen LogP contribution in [0.15, 0.2) is 45.8 Å². The van der Waals surface area contributed by atoms with Crippen LogP contribution in [0.5, 0.6) is 0 Å². The zero-order chi connectivity index (χ0) is 19.1. The van der Waals surface area contributed by atoms with Crippen LogP contribution in [0.1, 0.15) is 26.5 Å². The van der Waals surface area contributed by atoms with Crippen molar-refractivity contribution in [1.29, 1.82) is 0 Å². The summed E-state index contributed by atoms with van der Waals surface area (Å²) in [7, 11) is 0. The number of rotatable bonds is 4. The van der Waals surface area contributed by atoms with Gasteiger partial charge in [-0.2, -0.15) is 5.10 Å². The highest BCUT2D eigenvalue weighted by Crippen LogP contribution is 2.29. The van der Waals surface area contributed by atoms with Crippen molar-refractivity contribution >= 4 is 27.3 Å². The average molecular weight is 379 g/mol. The molecule has 0 fully saturated rings. The molecule has 7 heteroatoms. The first-order valence-electron chi connectivity index (χ1n) is 8.46. The van der Waals surface area contributed by atoms with Crippen molar-refractivity contribution in [2.75, 3.05) is 0 Å². The molecule has 0 bridgehead atoms. The summed E-state index contributed by atoms with van der Waals surface area (Å²) in [6, 6.07) is 9.04. The van der Waals surface area contributed by atoms with Gasteiger partial charge in [0.1, 0.15) is 12.2 Å². The maximum atomic E-state index is 12.8. The highest BCUT2D eigenvalue weighted by molar-refractivity contribution is 7.19. The van der Waals surface area contributed by atoms with Gasteiger partial charge in [0.05, 0.1) is 16.0 Å². The normalized spacial score (nSPS) is 11.2. The Morgan fingerprint density at radius 3 is 2.70 bits per heavy atom. The summed E-state index contributed by atoms with van der Waals surface area (Å²) >= 11 is 1.39. The van der Waals surface area contributed by atoms with E-state index in [1.807, 2.05) is 32.9 Å². The monoisotopic (exact) mass is 379 g/mol. The zero-order valence-corrected chi connectivity index (χ0v) is 16.0. The second kappa shape index (κ2) is 6.59. The molecule has 0 aliphatic heterocycles. The molecule has 1 aromatic carbocycles. The zero-order valence-electron chi connectivity index (χ0n) is 15.1. The van der Waals surface area contributed by atoms with Gasteiger partial charge >= 0.3 is 0 Å². The van der Waals surface area contributed by atoms with Gasteiger partial charge < -0.3 is 4.42 Å². The van der Waals surface area contributed by atoms with E-state index in [2.05, 4.69) is 10.1 Å². The molecular weight excluding hydrogens is 362 g/mol. The molecule has 136 valence electrons. The van der Waals surface area contributed by atoms with E-state index < -0.39 is 0 Å². The molecule has 0 atom stereocenters. The molecule has 0 spiro atoms. The number of ketones is 1. The van der Waals surface area contributed by atoms with Gasteiger partial charge in [-0.05, 0) is 50.1 Å². The molecule has 4 aromatic rings. The number of fused-ring (bicyclic) bond motifs is 1. The molecule has 0 unspecified atom stereocenters. The van der Waals surface area contributed by atoms with Crippen molar-refractivity contribution in [3.05, 3.63) is 68.6 Å². The fourth-order valence-corrected chi connectivity index (χ4v) is 3.79. The lowest BCUT2D eigenvalue weighted by atomic mass is 10.0. The summed E-state index contributed by atoms with van der Waals surface area (Å²) < 4.78 is 7.31. The minimum atomic E-state index is -0.373. The van der Waals surface area contributed by atoms with Gasteiger partial charge in [-0.25, -0.2) is 9.67 Å². The molecule has 3 aromatic heterocycles. The summed E-state index contributed by atoms with van der Waals surface area (Å²) in [6.07, 6.45) is 1.55. The van der Waals surface area contributed by atoms with E-state index in [0.717, 1.165) is 16.1 Å². The molecule has 0 amide bonds. The first-order chi connectivity index (χ1) is 12.9. The van der Waals surface area contributed by atoms with Gasteiger partial charge in [0.25, 0.3) is 5.56 Å². The molecule has 4 rings (SSSR count). The van der Waals surface area contributed by atoms with Crippen LogP contribution in [0.4, 0.5) is 0 Å². The molecule has 0 N–H and O–H groups in total. The van der Waals surface area contributed by atoms with Crippen LogP contribution in [0.25, 0.3) is 21.7 Å². The van der Waals surface area contributed by atoms with Crippen LogP contribution in [0.3, 0.4) is 0 Å². The molecule has 0 aliphatic carbocycles. The molecule has 0 aliphatic rings. The van der Waals surface area contributed by atoms with Crippen molar-refractivity contribution in [3.63, 3.8) is 0 Å². The number of benzene rings is 1. The molecule has 0 saturated heterocycles. The number of carbonyl (C=O) groups excluding carboxylic acids is 1.